The van der Waals surface area contributed by atoms with Crippen LogP contribution in [0.1, 0.15) is 16.7 Å². The number of benzene rings is 2. The Morgan fingerprint density at radius 1 is 1.29 bits per heavy atom. The molecular formula is C17H16N4O3. The Balaban J connectivity index is 2.29. The fourth-order valence-electron chi connectivity index (χ4n) is 2.79. The Bertz CT molecular complexity index is 875. The predicted octanol–water partition coefficient (Wildman–Crippen LogP) is 2.61. The first kappa shape index (κ1) is 15.7. The molecule has 3 N–H and O–H groups in total. The molecule has 0 fully saturated rings. The van der Waals surface area contributed by atoms with E-state index in [-0.39, 0.29) is 11.4 Å². The molecule has 1 aliphatic heterocycles. The number of nitro benzene ring substituents is 1. The van der Waals surface area contributed by atoms with Crippen LogP contribution in [0.15, 0.2) is 41.4 Å². The third-order valence-electron chi connectivity index (χ3n) is 4.13. The number of carbonyl (C=O) groups excluding carboxylic acids is 1. The van der Waals surface area contributed by atoms with Crippen LogP contribution in [-0.2, 0) is 4.79 Å². The van der Waals surface area contributed by atoms with Crippen molar-refractivity contribution < 1.29 is 9.72 Å². The summed E-state index contributed by atoms with van der Waals surface area (Å²) in [5.74, 6) is -0.593. The third kappa shape index (κ3) is 2.50. The SMILES string of the molecule is Cc1cc2c(c([N+](=O)[O-])c1C)N=C(c1ccccc1)C(C(N)=O)N2. The summed E-state index contributed by atoms with van der Waals surface area (Å²) >= 11 is 0. The highest BCUT2D eigenvalue weighted by molar-refractivity contribution is 6.20. The van der Waals surface area contributed by atoms with Crippen molar-refractivity contribution in [2.45, 2.75) is 19.9 Å². The third-order valence-corrected chi connectivity index (χ3v) is 4.13. The highest BCUT2D eigenvalue weighted by atomic mass is 16.6. The summed E-state index contributed by atoms with van der Waals surface area (Å²) < 4.78 is 0. The number of rotatable bonds is 3. The van der Waals surface area contributed by atoms with Gasteiger partial charge in [0.1, 0.15) is 6.04 Å². The molecule has 2 aromatic carbocycles. The number of hydrogen-bond donors (Lipinski definition) is 2. The van der Waals surface area contributed by atoms with Crippen molar-refractivity contribution in [3.05, 3.63) is 63.2 Å². The molecule has 7 nitrogen and oxygen atoms in total. The highest BCUT2D eigenvalue weighted by Gasteiger charge is 2.33. The number of nitrogens with two attached hydrogens (primary N) is 1. The van der Waals surface area contributed by atoms with Gasteiger partial charge in [-0.05, 0) is 31.0 Å². The van der Waals surface area contributed by atoms with Gasteiger partial charge in [0.25, 0.3) is 5.69 Å². The van der Waals surface area contributed by atoms with E-state index in [0.717, 1.165) is 5.56 Å². The Morgan fingerprint density at radius 3 is 2.54 bits per heavy atom. The first-order chi connectivity index (χ1) is 11.4. The zero-order chi connectivity index (χ0) is 17.4. The summed E-state index contributed by atoms with van der Waals surface area (Å²) in [5, 5.41) is 14.5. The van der Waals surface area contributed by atoms with Gasteiger partial charge in [0.2, 0.25) is 5.91 Å². The molecule has 1 amide bonds. The number of nitrogens with one attached hydrogen (secondary N) is 1. The number of carbonyl (C=O) groups is 1. The topological polar surface area (TPSA) is 111 Å². The summed E-state index contributed by atoms with van der Waals surface area (Å²) in [5.41, 5.74) is 8.46. The van der Waals surface area contributed by atoms with Gasteiger partial charge in [-0.3, -0.25) is 14.9 Å². The summed E-state index contributed by atoms with van der Waals surface area (Å²) in [4.78, 5) is 27.4. The normalized spacial score (nSPS) is 15.9. The molecule has 0 radical (unpaired) electrons. The highest BCUT2D eigenvalue weighted by Crippen LogP contribution is 2.42. The number of primary amides is 1. The minimum Gasteiger partial charge on any atom is -0.368 e. The maximum absolute atomic E-state index is 11.9. The number of aliphatic imine (C=N–C) groups is 1. The van der Waals surface area contributed by atoms with E-state index >= 15 is 0 Å². The smallest absolute Gasteiger partial charge is 0.300 e. The van der Waals surface area contributed by atoms with Gasteiger partial charge in [0, 0.05) is 5.56 Å². The van der Waals surface area contributed by atoms with E-state index in [2.05, 4.69) is 10.3 Å². The van der Waals surface area contributed by atoms with Crippen molar-refractivity contribution in [3.8, 4) is 0 Å². The van der Waals surface area contributed by atoms with Crippen LogP contribution in [0.2, 0.25) is 0 Å². The van der Waals surface area contributed by atoms with Gasteiger partial charge in [-0.1, -0.05) is 30.3 Å². The molecule has 0 saturated carbocycles. The van der Waals surface area contributed by atoms with Gasteiger partial charge in [-0.25, -0.2) is 4.99 Å². The molecule has 0 aromatic heterocycles. The van der Waals surface area contributed by atoms with E-state index in [1.54, 1.807) is 44.2 Å². The van der Waals surface area contributed by atoms with Crippen LogP contribution in [0.3, 0.4) is 0 Å². The number of nitrogens with zero attached hydrogens (tertiary/aromatic N) is 2. The largest absolute Gasteiger partial charge is 0.368 e. The lowest BCUT2D eigenvalue weighted by Gasteiger charge is -2.26. The minimum atomic E-state index is -0.846. The zero-order valence-electron chi connectivity index (χ0n) is 13.2. The molecule has 0 saturated heterocycles. The van der Waals surface area contributed by atoms with Crippen molar-refractivity contribution >= 4 is 28.7 Å². The number of nitro groups is 1. The molecule has 3 rings (SSSR count). The second kappa shape index (κ2) is 5.77. The molecule has 7 heteroatoms. The van der Waals surface area contributed by atoms with E-state index in [9.17, 15) is 14.9 Å². The minimum absolute atomic E-state index is 0.0612. The van der Waals surface area contributed by atoms with Gasteiger partial charge >= 0.3 is 0 Å². The van der Waals surface area contributed by atoms with Crippen LogP contribution < -0.4 is 11.1 Å². The van der Waals surface area contributed by atoms with E-state index in [4.69, 9.17) is 5.73 Å². The molecule has 24 heavy (non-hydrogen) atoms. The summed E-state index contributed by atoms with van der Waals surface area (Å²) in [6.07, 6.45) is 0. The van der Waals surface area contributed by atoms with Crippen LogP contribution >= 0.6 is 0 Å². The number of fused-ring (bicyclic) bond motifs is 1. The molecule has 0 spiro atoms. The first-order valence-electron chi connectivity index (χ1n) is 7.38. The molecule has 1 heterocycles. The Labute approximate surface area is 138 Å². The second-order valence-corrected chi connectivity index (χ2v) is 5.66. The lowest BCUT2D eigenvalue weighted by atomic mass is 9.97. The first-order valence-corrected chi connectivity index (χ1v) is 7.38. The van der Waals surface area contributed by atoms with Gasteiger partial charge in [0.15, 0.2) is 5.69 Å². The van der Waals surface area contributed by atoms with E-state index in [1.165, 1.54) is 0 Å². The average Bonchev–Trinajstić information content (AvgIpc) is 2.55. The molecule has 1 unspecified atom stereocenters. The monoisotopic (exact) mass is 324 g/mol. The molecule has 0 aliphatic carbocycles. The summed E-state index contributed by atoms with van der Waals surface area (Å²) in [7, 11) is 0. The van der Waals surface area contributed by atoms with Gasteiger partial charge in [-0.2, -0.15) is 0 Å². The Morgan fingerprint density at radius 2 is 1.96 bits per heavy atom. The maximum atomic E-state index is 11.9. The second-order valence-electron chi connectivity index (χ2n) is 5.66. The number of anilines is 1. The summed E-state index contributed by atoms with van der Waals surface area (Å²) in [6, 6.07) is 9.92. The summed E-state index contributed by atoms with van der Waals surface area (Å²) in [6.45, 7) is 3.46. The zero-order valence-corrected chi connectivity index (χ0v) is 13.2. The molecule has 2 aromatic rings. The van der Waals surface area contributed by atoms with Crippen molar-refractivity contribution in [1.29, 1.82) is 0 Å². The van der Waals surface area contributed by atoms with E-state index in [1.807, 2.05) is 6.07 Å². The fourth-order valence-corrected chi connectivity index (χ4v) is 2.79. The van der Waals surface area contributed by atoms with Crippen molar-refractivity contribution in [3.63, 3.8) is 0 Å². The maximum Gasteiger partial charge on any atom is 0.300 e. The number of amides is 1. The van der Waals surface area contributed by atoms with Crippen molar-refractivity contribution in [2.75, 3.05) is 5.32 Å². The molecule has 1 atom stereocenters. The van der Waals surface area contributed by atoms with Crippen LogP contribution in [-0.4, -0.2) is 22.6 Å². The average molecular weight is 324 g/mol. The molecular weight excluding hydrogens is 308 g/mol. The Hall–Kier alpha value is -3.22. The van der Waals surface area contributed by atoms with Gasteiger partial charge in [0.05, 0.1) is 16.3 Å². The fraction of sp³-hybridized carbons (Fsp3) is 0.176. The van der Waals surface area contributed by atoms with Crippen LogP contribution in [0.5, 0.6) is 0 Å². The predicted molar refractivity (Wildman–Crippen MR) is 91.8 cm³/mol. The van der Waals surface area contributed by atoms with Crippen molar-refractivity contribution in [1.82, 2.24) is 0 Å². The van der Waals surface area contributed by atoms with Crippen molar-refractivity contribution in [2.24, 2.45) is 10.7 Å². The lowest BCUT2D eigenvalue weighted by Crippen LogP contribution is -2.44. The molecule has 0 bridgehead atoms. The number of hydrogen-bond acceptors (Lipinski definition) is 5. The van der Waals surface area contributed by atoms with Crippen LogP contribution in [0.25, 0.3) is 0 Å². The van der Waals surface area contributed by atoms with Crippen LogP contribution in [0.4, 0.5) is 17.1 Å². The quantitative estimate of drug-likeness (QED) is 0.667. The van der Waals surface area contributed by atoms with Crippen LogP contribution in [0, 0.1) is 24.0 Å². The standard InChI is InChI=1S/C17H16N4O3/c1-9-8-12-14(16(10(9)2)21(23)24)20-13(15(19-12)17(18)22)11-6-4-3-5-7-11/h3-8,15,19H,1-2H3,(H2,18,22). The van der Waals surface area contributed by atoms with E-state index < -0.39 is 16.9 Å². The Kier molecular flexibility index (Phi) is 3.76. The van der Waals surface area contributed by atoms with E-state index in [0.29, 0.717) is 22.5 Å². The van der Waals surface area contributed by atoms with Gasteiger partial charge in [-0.15, -0.1) is 0 Å². The number of aryl methyl sites for hydroxylation is 1. The lowest BCUT2D eigenvalue weighted by molar-refractivity contribution is -0.384. The molecule has 1 aliphatic rings. The van der Waals surface area contributed by atoms with Gasteiger partial charge < -0.3 is 11.1 Å². The molecule has 122 valence electrons.